The Hall–Kier alpha value is -3.07. The highest BCUT2D eigenvalue weighted by Gasteiger charge is 2.19. The Bertz CT molecular complexity index is 1130. The van der Waals surface area contributed by atoms with Gasteiger partial charge < -0.3 is 10.1 Å². The fourth-order valence-corrected chi connectivity index (χ4v) is 2.83. The van der Waals surface area contributed by atoms with Crippen LogP contribution >= 0.6 is 11.6 Å². The molecule has 1 aromatic carbocycles. The van der Waals surface area contributed by atoms with E-state index in [0.29, 0.717) is 11.4 Å². The average Bonchev–Trinajstić information content (AvgIpc) is 2.94. The predicted molar refractivity (Wildman–Crippen MR) is 96.8 cm³/mol. The number of rotatable bonds is 4. The van der Waals surface area contributed by atoms with Crippen LogP contribution in [0.5, 0.6) is 5.75 Å². The first kappa shape index (κ1) is 17.7. The summed E-state index contributed by atoms with van der Waals surface area (Å²) in [5, 5.41) is 2.65. The number of fused-ring (bicyclic) bond motifs is 1. The minimum atomic E-state index is -0.573. The van der Waals surface area contributed by atoms with Crippen LogP contribution in [0, 0.1) is 0 Å². The summed E-state index contributed by atoms with van der Waals surface area (Å²) in [4.78, 5) is 40.9. The highest BCUT2D eigenvalue weighted by molar-refractivity contribution is 6.29. The SMILES string of the molecule is COc1cccc(NC(=O)Cn2c(Cl)nc3c2c(=O)n(C)c(=O)n3C)c1. The molecule has 26 heavy (non-hydrogen) atoms. The smallest absolute Gasteiger partial charge is 0.332 e. The normalized spacial score (nSPS) is 10.9. The standard InChI is InChI=1S/C16H16ClN5O4/c1-20-13-12(14(24)21(2)16(20)25)22(15(17)19-13)8-11(23)18-9-5-4-6-10(7-9)26-3/h4-7H,8H2,1-3H3,(H,18,23). The van der Waals surface area contributed by atoms with Crippen LogP contribution in [0.15, 0.2) is 33.9 Å². The van der Waals surface area contributed by atoms with Gasteiger partial charge in [0.15, 0.2) is 11.2 Å². The topological polar surface area (TPSA) is 100 Å². The number of anilines is 1. The fraction of sp³-hybridized carbons (Fsp3) is 0.250. The molecule has 0 spiro atoms. The zero-order valence-corrected chi connectivity index (χ0v) is 15.1. The number of hydrogen-bond donors (Lipinski definition) is 1. The van der Waals surface area contributed by atoms with E-state index < -0.39 is 17.2 Å². The maximum absolute atomic E-state index is 12.4. The van der Waals surface area contributed by atoms with E-state index >= 15 is 0 Å². The summed E-state index contributed by atoms with van der Waals surface area (Å²) in [5.41, 5.74) is -0.353. The average molecular weight is 378 g/mol. The molecule has 0 aliphatic heterocycles. The zero-order chi connectivity index (χ0) is 19.0. The third-order valence-corrected chi connectivity index (χ3v) is 4.25. The van der Waals surface area contributed by atoms with E-state index in [2.05, 4.69) is 10.3 Å². The molecular formula is C16H16ClN5O4. The first-order chi connectivity index (χ1) is 12.3. The van der Waals surface area contributed by atoms with Gasteiger partial charge in [0.25, 0.3) is 5.56 Å². The predicted octanol–water partition coefficient (Wildman–Crippen LogP) is 0.734. The summed E-state index contributed by atoms with van der Waals surface area (Å²) in [7, 11) is 4.36. The number of imidazole rings is 1. The highest BCUT2D eigenvalue weighted by Crippen LogP contribution is 2.18. The second-order valence-corrected chi connectivity index (χ2v) is 5.96. The van der Waals surface area contributed by atoms with Crippen molar-refractivity contribution in [2.75, 3.05) is 12.4 Å². The number of nitrogens with zero attached hydrogens (tertiary/aromatic N) is 4. The van der Waals surface area contributed by atoms with Crippen molar-refractivity contribution in [3.63, 3.8) is 0 Å². The van der Waals surface area contributed by atoms with Crippen molar-refractivity contribution in [2.24, 2.45) is 14.1 Å². The monoisotopic (exact) mass is 377 g/mol. The molecule has 136 valence electrons. The lowest BCUT2D eigenvalue weighted by atomic mass is 10.3. The second-order valence-electron chi connectivity index (χ2n) is 5.63. The quantitative estimate of drug-likeness (QED) is 0.676. The van der Waals surface area contributed by atoms with Crippen LogP contribution in [0.3, 0.4) is 0 Å². The number of halogens is 1. The molecule has 10 heteroatoms. The molecule has 3 aromatic rings. The molecule has 0 fully saturated rings. The van der Waals surface area contributed by atoms with Gasteiger partial charge in [-0.25, -0.2) is 4.79 Å². The van der Waals surface area contributed by atoms with Crippen LogP contribution in [-0.2, 0) is 25.4 Å². The van der Waals surface area contributed by atoms with Crippen LogP contribution in [-0.4, -0.2) is 31.7 Å². The molecule has 1 N–H and O–H groups in total. The number of aryl methyl sites for hydroxylation is 1. The van der Waals surface area contributed by atoms with Crippen molar-refractivity contribution in [1.82, 2.24) is 18.7 Å². The van der Waals surface area contributed by atoms with E-state index in [1.807, 2.05) is 0 Å². The number of hydrogen-bond acceptors (Lipinski definition) is 5. The summed E-state index contributed by atoms with van der Waals surface area (Å²) in [6.07, 6.45) is 0. The van der Waals surface area contributed by atoms with Crippen molar-refractivity contribution in [1.29, 1.82) is 0 Å². The summed E-state index contributed by atoms with van der Waals surface area (Å²) in [6.45, 7) is -0.236. The van der Waals surface area contributed by atoms with Gasteiger partial charge in [0.05, 0.1) is 7.11 Å². The molecule has 0 saturated heterocycles. The molecule has 0 bridgehead atoms. The number of amides is 1. The van der Waals surface area contributed by atoms with Gasteiger partial charge in [-0.2, -0.15) is 4.98 Å². The second kappa shape index (κ2) is 6.68. The van der Waals surface area contributed by atoms with Crippen LogP contribution in [0.1, 0.15) is 0 Å². The maximum atomic E-state index is 12.4. The minimum absolute atomic E-state index is 0.0564. The maximum Gasteiger partial charge on any atom is 0.332 e. The molecule has 9 nitrogen and oxygen atoms in total. The summed E-state index contributed by atoms with van der Waals surface area (Å²) in [5.74, 6) is 0.188. The highest BCUT2D eigenvalue weighted by atomic mass is 35.5. The molecular weight excluding hydrogens is 362 g/mol. The number of ether oxygens (including phenoxy) is 1. The molecule has 2 heterocycles. The van der Waals surface area contributed by atoms with E-state index in [4.69, 9.17) is 16.3 Å². The molecule has 0 aliphatic carbocycles. The lowest BCUT2D eigenvalue weighted by Gasteiger charge is -2.09. The number of aromatic nitrogens is 4. The van der Waals surface area contributed by atoms with Gasteiger partial charge in [-0.05, 0) is 23.7 Å². The Morgan fingerprint density at radius 1 is 1.27 bits per heavy atom. The zero-order valence-electron chi connectivity index (χ0n) is 14.3. The van der Waals surface area contributed by atoms with E-state index in [-0.39, 0.29) is 23.0 Å². The van der Waals surface area contributed by atoms with Crippen molar-refractivity contribution in [3.8, 4) is 5.75 Å². The molecule has 0 radical (unpaired) electrons. The molecule has 0 saturated carbocycles. The first-order valence-corrected chi connectivity index (χ1v) is 7.97. The van der Waals surface area contributed by atoms with Crippen molar-refractivity contribution in [3.05, 3.63) is 50.4 Å². The van der Waals surface area contributed by atoms with Gasteiger partial charge in [0, 0.05) is 25.8 Å². The summed E-state index contributed by atoms with van der Waals surface area (Å²) >= 11 is 6.10. The van der Waals surface area contributed by atoms with Crippen LogP contribution in [0.25, 0.3) is 11.2 Å². The van der Waals surface area contributed by atoms with Crippen LogP contribution in [0.4, 0.5) is 5.69 Å². The van der Waals surface area contributed by atoms with E-state index in [1.54, 1.807) is 24.3 Å². The van der Waals surface area contributed by atoms with Crippen LogP contribution < -0.4 is 21.3 Å². The number of nitrogens with one attached hydrogen (secondary N) is 1. The van der Waals surface area contributed by atoms with Gasteiger partial charge in [0.1, 0.15) is 12.3 Å². The van der Waals surface area contributed by atoms with Crippen molar-refractivity contribution in [2.45, 2.75) is 6.54 Å². The van der Waals surface area contributed by atoms with Gasteiger partial charge in [-0.1, -0.05) is 6.07 Å². The largest absolute Gasteiger partial charge is 0.497 e. The Labute approximate surface area is 152 Å². The van der Waals surface area contributed by atoms with Gasteiger partial charge >= 0.3 is 5.69 Å². The Morgan fingerprint density at radius 2 is 2.00 bits per heavy atom. The fourth-order valence-electron chi connectivity index (χ4n) is 2.61. The minimum Gasteiger partial charge on any atom is -0.497 e. The van der Waals surface area contributed by atoms with Gasteiger partial charge in [-0.3, -0.25) is 23.3 Å². The lowest BCUT2D eigenvalue weighted by Crippen LogP contribution is -2.37. The number of benzene rings is 1. The molecule has 2 aromatic heterocycles. The number of carbonyl (C=O) groups is 1. The molecule has 3 rings (SSSR count). The third kappa shape index (κ3) is 2.97. The van der Waals surface area contributed by atoms with Gasteiger partial charge in [0.2, 0.25) is 11.2 Å². The lowest BCUT2D eigenvalue weighted by molar-refractivity contribution is -0.116. The Balaban J connectivity index is 1.98. The van der Waals surface area contributed by atoms with E-state index in [9.17, 15) is 14.4 Å². The van der Waals surface area contributed by atoms with Gasteiger partial charge in [-0.15, -0.1) is 0 Å². The molecule has 0 unspecified atom stereocenters. The molecule has 0 atom stereocenters. The van der Waals surface area contributed by atoms with Crippen molar-refractivity contribution < 1.29 is 9.53 Å². The molecule has 0 aliphatic rings. The van der Waals surface area contributed by atoms with E-state index in [1.165, 1.54) is 30.3 Å². The molecule has 1 amide bonds. The summed E-state index contributed by atoms with van der Waals surface area (Å²) < 4.78 is 8.53. The number of methoxy groups -OCH3 is 1. The van der Waals surface area contributed by atoms with Crippen LogP contribution in [0.2, 0.25) is 5.28 Å². The summed E-state index contributed by atoms with van der Waals surface area (Å²) in [6, 6.07) is 6.85. The van der Waals surface area contributed by atoms with E-state index in [0.717, 1.165) is 4.57 Å². The number of carbonyl (C=O) groups excluding carboxylic acids is 1. The third-order valence-electron chi connectivity index (χ3n) is 3.96. The first-order valence-electron chi connectivity index (χ1n) is 7.59. The Morgan fingerprint density at radius 3 is 2.69 bits per heavy atom. The van der Waals surface area contributed by atoms with Crippen molar-refractivity contribution >= 4 is 34.4 Å². The Kier molecular flexibility index (Phi) is 4.56.